The summed E-state index contributed by atoms with van der Waals surface area (Å²) in [5.74, 6) is 0.818. The van der Waals surface area contributed by atoms with Gasteiger partial charge >= 0.3 is 12.2 Å². The number of aromatic nitrogens is 2. The molecule has 1 aliphatic heterocycles. The number of nitrogens with zero attached hydrogens (tertiary/aromatic N) is 3. The van der Waals surface area contributed by atoms with Crippen LogP contribution in [0.5, 0.6) is 5.75 Å². The van der Waals surface area contributed by atoms with Crippen molar-refractivity contribution in [3.63, 3.8) is 0 Å². The summed E-state index contributed by atoms with van der Waals surface area (Å²) in [6.45, 7) is 0.722. The number of amides is 2. The average molecular weight is 418 g/mol. The molecule has 0 spiro atoms. The van der Waals surface area contributed by atoms with E-state index in [0.717, 1.165) is 12.1 Å². The lowest BCUT2D eigenvalue weighted by molar-refractivity contribution is -0.137. The van der Waals surface area contributed by atoms with Crippen LogP contribution in [0.25, 0.3) is 11.4 Å². The molecular weight excluding hydrogens is 401 g/mol. The Bertz CT molecular complexity index is 1060. The number of halogens is 3. The van der Waals surface area contributed by atoms with Crippen LogP contribution in [-0.2, 0) is 6.18 Å². The van der Waals surface area contributed by atoms with Crippen molar-refractivity contribution in [2.75, 3.05) is 25.5 Å². The largest absolute Gasteiger partial charge is 0.497 e. The van der Waals surface area contributed by atoms with Gasteiger partial charge in [0.1, 0.15) is 5.75 Å². The highest BCUT2D eigenvalue weighted by molar-refractivity contribution is 5.90. The fourth-order valence-electron chi connectivity index (χ4n) is 3.06. The normalized spacial score (nSPS) is 14.3. The maximum atomic E-state index is 12.9. The van der Waals surface area contributed by atoms with Crippen LogP contribution in [0.3, 0.4) is 0 Å². The zero-order valence-electron chi connectivity index (χ0n) is 15.8. The number of benzene rings is 2. The van der Waals surface area contributed by atoms with Gasteiger partial charge in [0.2, 0.25) is 11.7 Å². The van der Waals surface area contributed by atoms with Crippen molar-refractivity contribution < 1.29 is 27.2 Å². The molecule has 1 aliphatic rings. The second kappa shape index (κ2) is 7.69. The Morgan fingerprint density at radius 1 is 1.20 bits per heavy atom. The zero-order chi connectivity index (χ0) is 21.3. The zero-order valence-corrected chi connectivity index (χ0v) is 15.8. The van der Waals surface area contributed by atoms with Crippen LogP contribution in [-0.4, -0.2) is 41.3 Å². The number of hydrogen-bond donors (Lipinski definition) is 1. The molecule has 156 valence electrons. The first-order valence-corrected chi connectivity index (χ1v) is 9.04. The third-order valence-electron chi connectivity index (χ3n) is 4.73. The van der Waals surface area contributed by atoms with E-state index in [1.807, 2.05) is 0 Å². The van der Waals surface area contributed by atoms with Gasteiger partial charge in [-0.25, -0.2) is 4.79 Å². The van der Waals surface area contributed by atoms with Gasteiger partial charge in [-0.15, -0.1) is 0 Å². The monoisotopic (exact) mass is 418 g/mol. The van der Waals surface area contributed by atoms with Crippen molar-refractivity contribution in [3.05, 3.63) is 60.0 Å². The number of ether oxygens (including phenoxy) is 1. The number of likely N-dealkylation sites (tertiary alicyclic amines) is 1. The quantitative estimate of drug-likeness (QED) is 0.680. The molecule has 1 fully saturated rings. The summed E-state index contributed by atoms with van der Waals surface area (Å²) in [6.07, 6.45) is -4.45. The van der Waals surface area contributed by atoms with E-state index in [-0.39, 0.29) is 29.2 Å². The minimum absolute atomic E-state index is 0.0791. The Hall–Kier alpha value is -3.56. The Morgan fingerprint density at radius 3 is 2.70 bits per heavy atom. The standard InChI is InChI=1S/C20H17F3N4O3/c1-29-16-7-3-6-15(9-16)24-19(28)27-10-13(11-27)18-25-17(26-30-18)12-4-2-5-14(8-12)20(21,22)23/h2-9,13H,10-11H2,1H3,(H,24,28). The predicted octanol–water partition coefficient (Wildman–Crippen LogP) is 4.40. The molecule has 4 rings (SSSR count). The second-order valence-corrected chi connectivity index (χ2v) is 6.80. The molecule has 0 aliphatic carbocycles. The van der Waals surface area contributed by atoms with Gasteiger partial charge in [-0.2, -0.15) is 18.2 Å². The van der Waals surface area contributed by atoms with Gasteiger partial charge in [-0.05, 0) is 24.3 Å². The second-order valence-electron chi connectivity index (χ2n) is 6.80. The van der Waals surface area contributed by atoms with Gasteiger partial charge in [-0.1, -0.05) is 23.4 Å². The number of methoxy groups -OCH3 is 1. The minimum Gasteiger partial charge on any atom is -0.497 e. The number of alkyl halides is 3. The van der Waals surface area contributed by atoms with E-state index in [4.69, 9.17) is 9.26 Å². The van der Waals surface area contributed by atoms with Crippen LogP contribution in [0, 0.1) is 0 Å². The smallest absolute Gasteiger partial charge is 0.416 e. The number of carbonyl (C=O) groups excluding carboxylic acids is 1. The molecule has 0 bridgehead atoms. The van der Waals surface area contributed by atoms with Crippen molar-refractivity contribution in [3.8, 4) is 17.1 Å². The van der Waals surface area contributed by atoms with Gasteiger partial charge in [0.05, 0.1) is 18.6 Å². The van der Waals surface area contributed by atoms with E-state index in [2.05, 4.69) is 15.5 Å². The van der Waals surface area contributed by atoms with Crippen LogP contribution in [0.15, 0.2) is 53.1 Å². The van der Waals surface area contributed by atoms with Crippen molar-refractivity contribution >= 4 is 11.7 Å². The summed E-state index contributed by atoms with van der Waals surface area (Å²) in [4.78, 5) is 18.1. The van der Waals surface area contributed by atoms with Gasteiger partial charge < -0.3 is 19.5 Å². The number of hydrogen-bond acceptors (Lipinski definition) is 5. The van der Waals surface area contributed by atoms with E-state index in [9.17, 15) is 18.0 Å². The Kier molecular flexibility index (Phi) is 5.06. The topological polar surface area (TPSA) is 80.5 Å². The van der Waals surface area contributed by atoms with Crippen molar-refractivity contribution in [1.82, 2.24) is 15.0 Å². The third kappa shape index (κ3) is 4.07. The summed E-state index contributed by atoms with van der Waals surface area (Å²) in [5, 5.41) is 6.56. The molecule has 0 atom stereocenters. The lowest BCUT2D eigenvalue weighted by Crippen LogP contribution is -2.50. The number of urea groups is 1. The molecule has 1 N–H and O–H groups in total. The molecule has 2 amide bonds. The molecule has 0 saturated carbocycles. The van der Waals surface area contributed by atoms with E-state index < -0.39 is 11.7 Å². The van der Waals surface area contributed by atoms with Gasteiger partial charge in [0, 0.05) is 30.4 Å². The Balaban J connectivity index is 1.38. The minimum atomic E-state index is -4.45. The number of rotatable bonds is 4. The maximum absolute atomic E-state index is 12.9. The van der Waals surface area contributed by atoms with Gasteiger partial charge in [-0.3, -0.25) is 0 Å². The maximum Gasteiger partial charge on any atom is 0.416 e. The SMILES string of the molecule is COc1cccc(NC(=O)N2CC(c3nc(-c4cccc(C(F)(F)F)c4)no3)C2)c1. The average Bonchev–Trinajstić information content (AvgIpc) is 3.16. The third-order valence-corrected chi connectivity index (χ3v) is 4.73. The van der Waals surface area contributed by atoms with Crippen molar-refractivity contribution in [2.24, 2.45) is 0 Å². The molecule has 1 aromatic heterocycles. The van der Waals surface area contributed by atoms with Crippen LogP contribution < -0.4 is 10.1 Å². The van der Waals surface area contributed by atoms with Crippen LogP contribution in [0.2, 0.25) is 0 Å². The van der Waals surface area contributed by atoms with E-state index in [1.165, 1.54) is 12.1 Å². The van der Waals surface area contributed by atoms with Crippen molar-refractivity contribution in [1.29, 1.82) is 0 Å². The van der Waals surface area contributed by atoms with E-state index in [1.54, 1.807) is 36.3 Å². The molecule has 0 unspecified atom stereocenters. The first kappa shape index (κ1) is 19.7. The molecule has 0 radical (unpaired) electrons. The van der Waals surface area contributed by atoms with Gasteiger partial charge in [0.15, 0.2) is 0 Å². The summed E-state index contributed by atoms with van der Waals surface area (Å²) >= 11 is 0. The number of nitrogens with one attached hydrogen (secondary N) is 1. The van der Waals surface area contributed by atoms with Gasteiger partial charge in [0.25, 0.3) is 0 Å². The lowest BCUT2D eigenvalue weighted by Gasteiger charge is -2.36. The summed E-state index contributed by atoms with van der Waals surface area (Å²) in [7, 11) is 1.54. The molecule has 2 heterocycles. The molecule has 3 aromatic rings. The first-order valence-electron chi connectivity index (χ1n) is 9.04. The molecule has 1 saturated heterocycles. The Morgan fingerprint density at radius 2 is 1.97 bits per heavy atom. The Labute approximate surface area is 169 Å². The fraction of sp³-hybridized carbons (Fsp3) is 0.250. The molecular formula is C20H17F3N4O3. The molecule has 30 heavy (non-hydrogen) atoms. The molecule has 10 heteroatoms. The van der Waals surface area contributed by atoms with Crippen LogP contribution in [0.1, 0.15) is 17.4 Å². The fourth-order valence-corrected chi connectivity index (χ4v) is 3.06. The predicted molar refractivity (Wildman–Crippen MR) is 101 cm³/mol. The highest BCUT2D eigenvalue weighted by Gasteiger charge is 2.36. The summed E-state index contributed by atoms with van der Waals surface area (Å²) in [6, 6.07) is 11.4. The molecule has 7 nitrogen and oxygen atoms in total. The van der Waals surface area contributed by atoms with E-state index in [0.29, 0.717) is 24.5 Å². The summed E-state index contributed by atoms with van der Waals surface area (Å²) < 4.78 is 49.0. The summed E-state index contributed by atoms with van der Waals surface area (Å²) in [5.41, 5.74) is 0.0366. The number of anilines is 1. The highest BCUT2D eigenvalue weighted by Crippen LogP contribution is 2.33. The highest BCUT2D eigenvalue weighted by atomic mass is 19.4. The lowest BCUT2D eigenvalue weighted by atomic mass is 10.0. The van der Waals surface area contributed by atoms with Crippen molar-refractivity contribution in [2.45, 2.75) is 12.1 Å². The molecule has 2 aromatic carbocycles. The van der Waals surface area contributed by atoms with Crippen LogP contribution >= 0.6 is 0 Å². The van der Waals surface area contributed by atoms with E-state index >= 15 is 0 Å². The van der Waals surface area contributed by atoms with Crippen LogP contribution in [0.4, 0.5) is 23.7 Å². The number of carbonyl (C=O) groups is 1. The first-order chi connectivity index (χ1) is 14.3.